The molecule has 2 aromatic rings. The molecule has 2 saturated heterocycles. The summed E-state index contributed by atoms with van der Waals surface area (Å²) in [6.45, 7) is 3.08. The number of carbonyl (C=O) groups is 2. The van der Waals surface area contributed by atoms with Gasteiger partial charge in [-0.25, -0.2) is 8.42 Å². The number of aryl methyl sites for hydroxylation is 1. The fourth-order valence-electron chi connectivity index (χ4n) is 3.74. The third-order valence-electron chi connectivity index (χ3n) is 5.41. The first kappa shape index (κ1) is 21.5. The quantitative estimate of drug-likeness (QED) is 0.703. The van der Waals surface area contributed by atoms with Crippen LogP contribution in [0.4, 0.5) is 11.4 Å². The van der Waals surface area contributed by atoms with Gasteiger partial charge >= 0.3 is 0 Å². The van der Waals surface area contributed by atoms with Gasteiger partial charge in [0.05, 0.1) is 0 Å². The highest BCUT2D eigenvalue weighted by Gasteiger charge is 2.31. The smallest absolute Gasteiger partial charge is 0.291 e. The van der Waals surface area contributed by atoms with E-state index in [1.807, 2.05) is 0 Å². The first-order chi connectivity index (χ1) is 14.8. The van der Waals surface area contributed by atoms with Crippen molar-refractivity contribution in [1.29, 1.82) is 0 Å². The van der Waals surface area contributed by atoms with Crippen molar-refractivity contribution in [3.8, 4) is 0 Å². The van der Waals surface area contributed by atoms with E-state index < -0.39 is 22.0 Å². The van der Waals surface area contributed by atoms with Gasteiger partial charge in [0.25, 0.3) is 11.8 Å². The van der Waals surface area contributed by atoms with Gasteiger partial charge in [-0.3, -0.25) is 9.59 Å². The van der Waals surface area contributed by atoms with Crippen LogP contribution in [0.15, 0.2) is 39.6 Å². The van der Waals surface area contributed by atoms with E-state index in [1.165, 1.54) is 17.3 Å². The fraction of sp³-hybridized carbons (Fsp3) is 0.429. The maximum atomic E-state index is 12.8. The maximum Gasteiger partial charge on any atom is 0.291 e. The van der Waals surface area contributed by atoms with Crippen LogP contribution in [-0.2, 0) is 19.6 Å². The van der Waals surface area contributed by atoms with Crippen LogP contribution in [0.5, 0.6) is 0 Å². The molecule has 2 N–H and O–H groups in total. The zero-order valence-corrected chi connectivity index (χ0v) is 18.0. The van der Waals surface area contributed by atoms with Crippen molar-refractivity contribution in [2.75, 3.05) is 30.3 Å². The number of hydrogen-bond donors (Lipinski definition) is 2. The fourth-order valence-corrected chi connectivity index (χ4v) is 5.42. The molecule has 166 valence electrons. The van der Waals surface area contributed by atoms with Gasteiger partial charge < -0.3 is 19.8 Å². The highest BCUT2D eigenvalue weighted by atomic mass is 32.2. The largest absolute Gasteiger partial charge is 0.455 e. The number of nitrogens with one attached hydrogen (secondary N) is 2. The third-order valence-corrected chi connectivity index (χ3v) is 7.42. The third kappa shape index (κ3) is 4.65. The predicted molar refractivity (Wildman–Crippen MR) is 113 cm³/mol. The van der Waals surface area contributed by atoms with E-state index in [0.717, 1.165) is 19.3 Å². The van der Waals surface area contributed by atoms with Crippen LogP contribution in [0.3, 0.4) is 0 Å². The van der Waals surface area contributed by atoms with E-state index in [2.05, 4.69) is 10.6 Å². The Balaban J connectivity index is 1.41. The summed E-state index contributed by atoms with van der Waals surface area (Å²) in [5.41, 5.74) is 1.07. The van der Waals surface area contributed by atoms with Crippen molar-refractivity contribution in [1.82, 2.24) is 4.31 Å². The molecule has 0 bridgehead atoms. The molecule has 2 fully saturated rings. The van der Waals surface area contributed by atoms with E-state index in [1.54, 1.807) is 24.3 Å². The van der Waals surface area contributed by atoms with Gasteiger partial charge in [-0.15, -0.1) is 0 Å². The average molecular weight is 448 g/mol. The number of amides is 2. The van der Waals surface area contributed by atoms with Crippen LogP contribution in [0, 0.1) is 6.92 Å². The second-order valence-electron chi connectivity index (χ2n) is 7.66. The molecule has 0 spiro atoms. The lowest BCUT2D eigenvalue weighted by molar-refractivity contribution is -0.124. The number of hydrogen-bond acceptors (Lipinski definition) is 6. The summed E-state index contributed by atoms with van der Waals surface area (Å²) >= 11 is 0. The minimum atomic E-state index is -3.67. The van der Waals surface area contributed by atoms with Crippen LogP contribution in [0.2, 0.25) is 0 Å². The van der Waals surface area contributed by atoms with E-state index in [4.69, 9.17) is 9.15 Å². The van der Waals surface area contributed by atoms with E-state index in [-0.39, 0.29) is 22.3 Å². The highest BCUT2D eigenvalue weighted by molar-refractivity contribution is 7.89. The van der Waals surface area contributed by atoms with Crippen LogP contribution in [-0.4, -0.2) is 50.3 Å². The van der Waals surface area contributed by atoms with Crippen molar-refractivity contribution < 1.29 is 27.2 Å². The van der Waals surface area contributed by atoms with Gasteiger partial charge in [-0.2, -0.15) is 4.31 Å². The second-order valence-corrected chi connectivity index (χ2v) is 9.57. The molecule has 2 aliphatic heterocycles. The topological polar surface area (TPSA) is 118 Å². The molecule has 4 rings (SSSR count). The second kappa shape index (κ2) is 8.81. The molecule has 2 amide bonds. The van der Waals surface area contributed by atoms with Crippen LogP contribution >= 0.6 is 0 Å². The highest BCUT2D eigenvalue weighted by Crippen LogP contribution is 2.27. The number of furan rings is 1. The molecule has 0 aliphatic carbocycles. The summed E-state index contributed by atoms with van der Waals surface area (Å²) in [5, 5.41) is 5.46. The average Bonchev–Trinajstić information content (AvgIpc) is 3.51. The van der Waals surface area contributed by atoms with Crippen molar-refractivity contribution >= 4 is 33.2 Å². The van der Waals surface area contributed by atoms with Crippen molar-refractivity contribution in [3.05, 3.63) is 41.9 Å². The van der Waals surface area contributed by atoms with Crippen LogP contribution in [0.1, 0.15) is 42.0 Å². The number of nitrogens with zero attached hydrogens (tertiary/aromatic N) is 1. The Bertz CT molecular complexity index is 1070. The van der Waals surface area contributed by atoms with Crippen molar-refractivity contribution in [2.24, 2.45) is 0 Å². The van der Waals surface area contributed by atoms with Gasteiger partial charge in [0, 0.05) is 37.1 Å². The Kier molecular flexibility index (Phi) is 6.12. The molecule has 10 heteroatoms. The molecule has 0 saturated carbocycles. The first-order valence-electron chi connectivity index (χ1n) is 10.3. The molecule has 1 atom stereocenters. The lowest BCUT2D eigenvalue weighted by Gasteiger charge is -2.14. The Hall–Kier alpha value is -2.69. The summed E-state index contributed by atoms with van der Waals surface area (Å²) in [6.07, 6.45) is 2.81. The Morgan fingerprint density at radius 2 is 1.68 bits per heavy atom. The number of sulfonamides is 1. The molecule has 0 radical (unpaired) electrons. The predicted octanol–water partition coefficient (Wildman–Crippen LogP) is 2.74. The molecule has 1 aromatic carbocycles. The molecular formula is C21H25N3O6S. The Morgan fingerprint density at radius 3 is 2.29 bits per heavy atom. The zero-order chi connectivity index (χ0) is 22.0. The zero-order valence-electron chi connectivity index (χ0n) is 17.2. The molecule has 1 aromatic heterocycles. The summed E-state index contributed by atoms with van der Waals surface area (Å²) in [7, 11) is -3.67. The lowest BCUT2D eigenvalue weighted by atomic mass is 10.2. The summed E-state index contributed by atoms with van der Waals surface area (Å²) in [6, 6.07) is 7.88. The maximum absolute atomic E-state index is 12.8. The summed E-state index contributed by atoms with van der Waals surface area (Å²) in [5.74, 6) is -0.635. The molecule has 9 nitrogen and oxygen atoms in total. The van der Waals surface area contributed by atoms with Gasteiger partial charge in [0.15, 0.2) is 5.76 Å². The number of rotatable bonds is 6. The molecular weight excluding hydrogens is 422 g/mol. The van der Waals surface area contributed by atoms with Crippen LogP contribution in [0.25, 0.3) is 0 Å². The Labute approximate surface area is 180 Å². The van der Waals surface area contributed by atoms with E-state index >= 15 is 0 Å². The number of carbonyl (C=O) groups excluding carboxylic acids is 2. The number of ether oxygens (including phenoxy) is 1. The van der Waals surface area contributed by atoms with Crippen molar-refractivity contribution in [2.45, 2.75) is 43.6 Å². The lowest BCUT2D eigenvalue weighted by Crippen LogP contribution is -2.28. The minimum Gasteiger partial charge on any atom is -0.455 e. The number of benzene rings is 1. The summed E-state index contributed by atoms with van der Waals surface area (Å²) in [4.78, 5) is 24.7. The van der Waals surface area contributed by atoms with Gasteiger partial charge in [0.2, 0.25) is 10.0 Å². The molecule has 2 aliphatic rings. The molecule has 31 heavy (non-hydrogen) atoms. The molecule has 3 heterocycles. The summed E-state index contributed by atoms with van der Waals surface area (Å²) < 4.78 is 37.7. The molecule has 0 unspecified atom stereocenters. The van der Waals surface area contributed by atoms with E-state index in [9.17, 15) is 18.0 Å². The standard InChI is InChI=1S/C21H25N3O6S/c1-14-19(31(27,28)24-10-2-3-11-24)13-18(30-14)21(26)23-16-8-6-15(7-9-16)22-20(25)17-5-4-12-29-17/h6-9,13,17H,2-5,10-12H2,1H3,(H,22,25)(H,23,26)/t17-/m1/s1. The minimum absolute atomic E-state index is 0.0201. The Morgan fingerprint density at radius 1 is 1.03 bits per heavy atom. The van der Waals surface area contributed by atoms with Gasteiger partial charge in [0.1, 0.15) is 16.8 Å². The normalized spacial score (nSPS) is 19.5. The van der Waals surface area contributed by atoms with E-state index in [0.29, 0.717) is 37.5 Å². The SMILES string of the molecule is Cc1oc(C(=O)Nc2ccc(NC(=O)[C@H]3CCCO3)cc2)cc1S(=O)(=O)N1CCCC1. The first-order valence-corrected chi connectivity index (χ1v) is 11.7. The van der Waals surface area contributed by atoms with Gasteiger partial charge in [-0.1, -0.05) is 0 Å². The van der Waals surface area contributed by atoms with Gasteiger partial charge in [-0.05, 0) is 56.9 Å². The monoisotopic (exact) mass is 447 g/mol. The van der Waals surface area contributed by atoms with Crippen LogP contribution < -0.4 is 10.6 Å². The number of anilines is 2. The van der Waals surface area contributed by atoms with Crippen molar-refractivity contribution in [3.63, 3.8) is 0 Å².